The molecule has 1 fully saturated rings. The van der Waals surface area contributed by atoms with Crippen LogP contribution in [-0.2, 0) is 11.2 Å². The number of nitriles is 1. The highest BCUT2D eigenvalue weighted by molar-refractivity contribution is 6.02. The fraction of sp³-hybridized carbons (Fsp3) is 0.381. The van der Waals surface area contributed by atoms with Crippen molar-refractivity contribution in [3.8, 4) is 17.3 Å². The van der Waals surface area contributed by atoms with Crippen molar-refractivity contribution in [3.05, 3.63) is 47.2 Å². The Hall–Kier alpha value is -2.87. The zero-order valence-electron chi connectivity index (χ0n) is 15.1. The predicted octanol–water partition coefficient (Wildman–Crippen LogP) is 3.99. The molecule has 1 aliphatic carbocycles. The highest BCUT2D eigenvalue weighted by Gasteiger charge is 2.18. The molecule has 1 amide bonds. The van der Waals surface area contributed by atoms with Gasteiger partial charge in [-0.05, 0) is 30.9 Å². The number of hydrogen-bond acceptors (Lipinski definition) is 3. The average Bonchev–Trinajstić information content (AvgIpc) is 3.15. The summed E-state index contributed by atoms with van der Waals surface area (Å²) in [6, 6.07) is 10.4. The van der Waals surface area contributed by atoms with Crippen LogP contribution in [0.2, 0.25) is 0 Å². The fourth-order valence-corrected chi connectivity index (χ4v) is 3.36. The Morgan fingerprint density at radius 3 is 2.69 bits per heavy atom. The summed E-state index contributed by atoms with van der Waals surface area (Å²) in [5.41, 5.74) is 3.91. The molecule has 2 N–H and O–H groups in total. The molecule has 134 valence electrons. The van der Waals surface area contributed by atoms with Crippen molar-refractivity contribution in [2.45, 2.75) is 51.5 Å². The number of aryl methyl sites for hydroxylation is 1. The van der Waals surface area contributed by atoms with E-state index in [1.807, 2.05) is 18.2 Å². The monoisotopic (exact) mass is 348 g/mol. The van der Waals surface area contributed by atoms with Crippen LogP contribution in [0, 0.1) is 11.3 Å². The Labute approximate surface area is 154 Å². The number of rotatable bonds is 5. The summed E-state index contributed by atoms with van der Waals surface area (Å²) >= 11 is 0. The van der Waals surface area contributed by atoms with Crippen molar-refractivity contribution in [2.24, 2.45) is 0 Å². The first-order valence-corrected chi connectivity index (χ1v) is 9.26. The van der Waals surface area contributed by atoms with Gasteiger partial charge in [0.05, 0.1) is 11.9 Å². The zero-order valence-corrected chi connectivity index (χ0v) is 15.1. The van der Waals surface area contributed by atoms with Gasteiger partial charge in [-0.2, -0.15) is 10.4 Å². The van der Waals surface area contributed by atoms with Crippen LogP contribution in [0.3, 0.4) is 0 Å². The number of benzene rings is 1. The lowest BCUT2D eigenvalue weighted by Crippen LogP contribution is -2.36. The second-order valence-electron chi connectivity index (χ2n) is 6.73. The summed E-state index contributed by atoms with van der Waals surface area (Å²) in [5, 5.41) is 19.5. The molecule has 3 rings (SSSR count). The van der Waals surface area contributed by atoms with Crippen LogP contribution in [0.15, 0.2) is 36.0 Å². The predicted molar refractivity (Wildman–Crippen MR) is 102 cm³/mol. The molecular weight excluding hydrogens is 324 g/mol. The molecule has 0 bridgehead atoms. The number of hydrogen-bond donors (Lipinski definition) is 2. The van der Waals surface area contributed by atoms with E-state index in [4.69, 9.17) is 0 Å². The molecule has 5 heteroatoms. The Kier molecular flexibility index (Phi) is 5.85. The third-order valence-electron chi connectivity index (χ3n) is 4.92. The Balaban J connectivity index is 1.80. The van der Waals surface area contributed by atoms with E-state index in [2.05, 4.69) is 34.6 Å². The molecule has 0 spiro atoms. The van der Waals surface area contributed by atoms with E-state index in [0.717, 1.165) is 48.9 Å². The first-order valence-electron chi connectivity index (χ1n) is 9.26. The van der Waals surface area contributed by atoms with Crippen LogP contribution >= 0.6 is 0 Å². The van der Waals surface area contributed by atoms with E-state index >= 15 is 0 Å². The fourth-order valence-electron chi connectivity index (χ4n) is 3.36. The second-order valence-corrected chi connectivity index (χ2v) is 6.73. The highest BCUT2D eigenvalue weighted by atomic mass is 16.1. The third kappa shape index (κ3) is 4.20. The number of carbonyl (C=O) groups excluding carboxylic acids is 1. The van der Waals surface area contributed by atoms with Gasteiger partial charge in [0.15, 0.2) is 0 Å². The lowest BCUT2D eigenvalue weighted by molar-refractivity contribution is -0.117. The van der Waals surface area contributed by atoms with Crippen LogP contribution in [0.4, 0.5) is 0 Å². The van der Waals surface area contributed by atoms with Crippen LogP contribution in [0.1, 0.15) is 50.2 Å². The van der Waals surface area contributed by atoms with Gasteiger partial charge in [-0.3, -0.25) is 9.89 Å². The number of amides is 1. The van der Waals surface area contributed by atoms with Gasteiger partial charge in [0.25, 0.3) is 5.91 Å². The molecule has 0 saturated heterocycles. The first-order chi connectivity index (χ1) is 12.7. The highest BCUT2D eigenvalue weighted by Crippen LogP contribution is 2.24. The lowest BCUT2D eigenvalue weighted by Gasteiger charge is -2.22. The van der Waals surface area contributed by atoms with Crippen molar-refractivity contribution in [3.63, 3.8) is 0 Å². The van der Waals surface area contributed by atoms with E-state index in [9.17, 15) is 10.1 Å². The normalized spacial score (nSPS) is 15.5. The van der Waals surface area contributed by atoms with Crippen molar-refractivity contribution >= 4 is 12.0 Å². The minimum absolute atomic E-state index is 0.114. The van der Waals surface area contributed by atoms with Crippen molar-refractivity contribution in [1.82, 2.24) is 15.5 Å². The summed E-state index contributed by atoms with van der Waals surface area (Å²) in [4.78, 5) is 12.5. The van der Waals surface area contributed by atoms with Gasteiger partial charge in [0.2, 0.25) is 0 Å². The molecule has 1 aromatic carbocycles. The molecule has 1 saturated carbocycles. The van der Waals surface area contributed by atoms with Gasteiger partial charge in [-0.15, -0.1) is 0 Å². The van der Waals surface area contributed by atoms with Gasteiger partial charge < -0.3 is 5.32 Å². The van der Waals surface area contributed by atoms with Gasteiger partial charge in [-0.1, -0.05) is 50.5 Å². The molecule has 1 aliphatic rings. The summed E-state index contributed by atoms with van der Waals surface area (Å²) in [7, 11) is 0. The van der Waals surface area contributed by atoms with Gasteiger partial charge in [0, 0.05) is 17.2 Å². The number of H-pyrrole nitrogens is 1. The molecule has 1 aromatic heterocycles. The van der Waals surface area contributed by atoms with E-state index < -0.39 is 0 Å². The molecule has 0 atom stereocenters. The first kappa shape index (κ1) is 17.9. The maximum absolute atomic E-state index is 12.5. The quantitative estimate of drug-likeness (QED) is 0.633. The summed E-state index contributed by atoms with van der Waals surface area (Å²) in [5.74, 6) is -0.298. The lowest BCUT2D eigenvalue weighted by atomic mass is 9.95. The number of nitrogens with zero attached hydrogens (tertiary/aromatic N) is 2. The maximum atomic E-state index is 12.5. The molecule has 0 unspecified atom stereocenters. The van der Waals surface area contributed by atoms with Crippen molar-refractivity contribution < 1.29 is 4.79 Å². The Morgan fingerprint density at radius 1 is 1.31 bits per heavy atom. The Bertz CT molecular complexity index is 820. The maximum Gasteiger partial charge on any atom is 0.262 e. The molecule has 5 nitrogen and oxygen atoms in total. The topological polar surface area (TPSA) is 81.6 Å². The molecule has 0 aliphatic heterocycles. The van der Waals surface area contributed by atoms with Crippen LogP contribution in [-0.4, -0.2) is 22.1 Å². The average molecular weight is 348 g/mol. The second kappa shape index (κ2) is 8.48. The van der Waals surface area contributed by atoms with Crippen LogP contribution in [0.25, 0.3) is 17.3 Å². The largest absolute Gasteiger partial charge is 0.349 e. The van der Waals surface area contributed by atoms with Gasteiger partial charge >= 0.3 is 0 Å². The van der Waals surface area contributed by atoms with E-state index in [-0.39, 0.29) is 17.5 Å². The summed E-state index contributed by atoms with van der Waals surface area (Å²) in [6.07, 6.45) is 9.72. The standard InChI is InChI=1S/C21H24N4O/c1-2-15-8-10-16(11-9-15)20-18(14-23-25-20)12-17(13-22)21(26)24-19-6-4-3-5-7-19/h8-12,14,19H,2-7H2,1H3,(H,23,25)(H,24,26). The molecule has 0 radical (unpaired) electrons. The zero-order chi connectivity index (χ0) is 18.4. The molecule has 1 heterocycles. The number of nitrogens with one attached hydrogen (secondary N) is 2. The van der Waals surface area contributed by atoms with E-state index in [1.165, 1.54) is 12.0 Å². The van der Waals surface area contributed by atoms with E-state index in [1.54, 1.807) is 12.3 Å². The smallest absolute Gasteiger partial charge is 0.262 e. The van der Waals surface area contributed by atoms with Crippen molar-refractivity contribution in [1.29, 1.82) is 5.26 Å². The van der Waals surface area contributed by atoms with Crippen LogP contribution < -0.4 is 5.32 Å². The van der Waals surface area contributed by atoms with Crippen LogP contribution in [0.5, 0.6) is 0 Å². The summed E-state index contributed by atoms with van der Waals surface area (Å²) in [6.45, 7) is 2.11. The third-order valence-corrected chi connectivity index (χ3v) is 4.92. The molecule has 26 heavy (non-hydrogen) atoms. The molecular formula is C21H24N4O. The number of carbonyl (C=O) groups is 1. The SMILES string of the molecule is CCc1ccc(-c2[nH]ncc2C=C(C#N)C(=O)NC2CCCCC2)cc1. The van der Waals surface area contributed by atoms with Crippen molar-refractivity contribution in [2.75, 3.05) is 0 Å². The Morgan fingerprint density at radius 2 is 2.04 bits per heavy atom. The summed E-state index contributed by atoms with van der Waals surface area (Å²) < 4.78 is 0. The minimum atomic E-state index is -0.298. The number of aromatic amines is 1. The minimum Gasteiger partial charge on any atom is -0.349 e. The van der Waals surface area contributed by atoms with Gasteiger partial charge in [-0.25, -0.2) is 0 Å². The number of aromatic nitrogens is 2. The van der Waals surface area contributed by atoms with Gasteiger partial charge in [0.1, 0.15) is 11.6 Å². The van der Waals surface area contributed by atoms with E-state index in [0.29, 0.717) is 0 Å². The molecule has 2 aromatic rings.